The molecule has 0 aromatic rings. The smallest absolute Gasteiger partial charge is 0.0211 e. The first-order valence-corrected chi connectivity index (χ1v) is 10.6. The van der Waals surface area contributed by atoms with Crippen molar-refractivity contribution in [1.82, 2.24) is 0 Å². The number of hydrogen-bond donors (Lipinski definition) is 0. The van der Waals surface area contributed by atoms with Crippen LogP contribution in [0.1, 0.15) is 6.92 Å². The van der Waals surface area contributed by atoms with Crippen LogP contribution in [-0.2, 0) is 0 Å². The van der Waals surface area contributed by atoms with Crippen molar-refractivity contribution in [2.75, 3.05) is 18.3 Å². The molecule has 0 saturated carbocycles. The SMILES string of the molecule is CC(CS(C)(Cl)Cl)S(C)(Cl)Cl. The van der Waals surface area contributed by atoms with Gasteiger partial charge in [0.1, 0.15) is 0 Å². The minimum absolute atomic E-state index is 0.195. The standard InChI is InChI=1S/C5H12Cl4S2/c1-5(11(3,8)9)4-10(2,6)7/h5H,4H2,1-3H3. The molecule has 1 atom stereocenters. The third kappa shape index (κ3) is 6.97. The van der Waals surface area contributed by atoms with Crippen molar-refractivity contribution in [3.8, 4) is 0 Å². The van der Waals surface area contributed by atoms with Gasteiger partial charge in [0.25, 0.3) is 0 Å². The molecule has 0 saturated heterocycles. The van der Waals surface area contributed by atoms with E-state index in [9.17, 15) is 0 Å². The van der Waals surface area contributed by atoms with Gasteiger partial charge in [-0.05, 0) is 12.5 Å². The second-order valence-corrected chi connectivity index (χ2v) is 16.0. The van der Waals surface area contributed by atoms with E-state index in [1.807, 2.05) is 19.4 Å². The molecule has 0 amide bonds. The van der Waals surface area contributed by atoms with Crippen molar-refractivity contribution >= 4 is 59.6 Å². The quantitative estimate of drug-likeness (QED) is 0.691. The molecule has 6 heteroatoms. The second kappa shape index (κ2) is 4.39. The third-order valence-electron chi connectivity index (χ3n) is 1.23. The summed E-state index contributed by atoms with van der Waals surface area (Å²) in [5.74, 6) is 0.703. The first-order chi connectivity index (χ1) is 4.63. The van der Waals surface area contributed by atoms with Crippen LogP contribution >= 0.6 is 59.6 Å². The van der Waals surface area contributed by atoms with Gasteiger partial charge in [0.2, 0.25) is 0 Å². The van der Waals surface area contributed by atoms with Crippen LogP contribution in [0.25, 0.3) is 0 Å². The van der Waals surface area contributed by atoms with E-state index in [0.29, 0.717) is 5.75 Å². The van der Waals surface area contributed by atoms with E-state index in [4.69, 9.17) is 42.7 Å². The molecule has 0 rings (SSSR count). The van der Waals surface area contributed by atoms with Crippen molar-refractivity contribution < 1.29 is 0 Å². The number of halogens is 4. The van der Waals surface area contributed by atoms with Crippen LogP contribution in [0.15, 0.2) is 0 Å². The molecule has 0 heterocycles. The maximum absolute atomic E-state index is 5.93. The Morgan fingerprint density at radius 1 is 1.09 bits per heavy atom. The summed E-state index contributed by atoms with van der Waals surface area (Å²) in [6.07, 6.45) is 3.66. The Morgan fingerprint density at radius 2 is 1.45 bits per heavy atom. The lowest BCUT2D eigenvalue weighted by Gasteiger charge is -2.32. The average Bonchev–Trinajstić information content (AvgIpc) is 1.56. The van der Waals surface area contributed by atoms with Crippen LogP contribution in [0.4, 0.5) is 0 Å². The van der Waals surface area contributed by atoms with E-state index in [0.717, 1.165) is 0 Å². The Labute approximate surface area is 89.5 Å². The molecule has 0 bridgehead atoms. The van der Waals surface area contributed by atoms with E-state index in [-0.39, 0.29) is 5.25 Å². The Hall–Kier alpha value is 1.86. The van der Waals surface area contributed by atoms with Gasteiger partial charge in [-0.2, -0.15) is 0 Å². The maximum atomic E-state index is 5.93. The Balaban J connectivity index is 3.99. The molecule has 0 nitrogen and oxygen atoms in total. The topological polar surface area (TPSA) is 0 Å². The monoisotopic (exact) mass is 276 g/mol. The van der Waals surface area contributed by atoms with Crippen LogP contribution in [0.2, 0.25) is 0 Å². The lowest BCUT2D eigenvalue weighted by Crippen LogP contribution is -2.11. The maximum Gasteiger partial charge on any atom is 0.0211 e. The van der Waals surface area contributed by atoms with Gasteiger partial charge < -0.3 is 0 Å². The zero-order valence-corrected chi connectivity index (χ0v) is 11.3. The normalized spacial score (nSPS) is 19.5. The molecule has 0 spiro atoms. The van der Waals surface area contributed by atoms with Crippen molar-refractivity contribution in [2.24, 2.45) is 0 Å². The van der Waals surface area contributed by atoms with Gasteiger partial charge in [-0.3, -0.25) is 0 Å². The fourth-order valence-electron chi connectivity index (χ4n) is 0.532. The number of hydrogen-bond acceptors (Lipinski definition) is 0. The second-order valence-electron chi connectivity index (χ2n) is 2.63. The molecular weight excluding hydrogens is 266 g/mol. The van der Waals surface area contributed by atoms with Gasteiger partial charge >= 0.3 is 0 Å². The average molecular weight is 278 g/mol. The highest BCUT2D eigenvalue weighted by Gasteiger charge is 2.25. The first kappa shape index (κ1) is 12.9. The van der Waals surface area contributed by atoms with E-state index < -0.39 is 16.9 Å². The first-order valence-electron chi connectivity index (χ1n) is 2.94. The predicted molar refractivity (Wildman–Crippen MR) is 64.8 cm³/mol. The summed E-state index contributed by atoms with van der Waals surface area (Å²) in [6, 6.07) is 0. The molecule has 72 valence electrons. The molecule has 0 fully saturated rings. The minimum Gasteiger partial charge on any atom is -0.0862 e. The summed E-state index contributed by atoms with van der Waals surface area (Å²) in [6.45, 7) is 1.98. The highest BCUT2D eigenvalue weighted by Crippen LogP contribution is 2.65. The highest BCUT2D eigenvalue weighted by molar-refractivity contribution is 8.68. The summed E-state index contributed by atoms with van der Waals surface area (Å²) >= 11 is 0. The van der Waals surface area contributed by atoms with E-state index in [1.165, 1.54) is 0 Å². The molecule has 0 radical (unpaired) electrons. The minimum atomic E-state index is -1.54. The molecule has 0 N–H and O–H groups in total. The van der Waals surface area contributed by atoms with Crippen molar-refractivity contribution in [3.63, 3.8) is 0 Å². The Bertz CT molecular complexity index is 125. The summed E-state index contributed by atoms with van der Waals surface area (Å²) in [7, 11) is 20.6. The van der Waals surface area contributed by atoms with Crippen LogP contribution in [0.3, 0.4) is 0 Å². The fraction of sp³-hybridized carbons (Fsp3) is 1.00. The summed E-state index contributed by atoms with van der Waals surface area (Å²) in [5.41, 5.74) is 0. The van der Waals surface area contributed by atoms with Crippen molar-refractivity contribution in [1.29, 1.82) is 0 Å². The zero-order valence-electron chi connectivity index (χ0n) is 6.61. The van der Waals surface area contributed by atoms with Crippen LogP contribution in [-0.4, -0.2) is 23.5 Å². The lowest BCUT2D eigenvalue weighted by atomic mass is 10.6. The fourth-order valence-corrected chi connectivity index (χ4v) is 5.64. The van der Waals surface area contributed by atoms with E-state index >= 15 is 0 Å². The van der Waals surface area contributed by atoms with Gasteiger partial charge in [-0.1, -0.05) is 66.6 Å². The summed E-state index contributed by atoms with van der Waals surface area (Å²) in [4.78, 5) is 0. The Morgan fingerprint density at radius 3 is 1.55 bits per heavy atom. The molecule has 0 aliphatic carbocycles. The molecule has 0 aliphatic rings. The molecular formula is C5H12Cl4S2. The van der Waals surface area contributed by atoms with Crippen LogP contribution < -0.4 is 0 Å². The van der Waals surface area contributed by atoms with Crippen LogP contribution in [0, 0.1) is 0 Å². The van der Waals surface area contributed by atoms with E-state index in [2.05, 4.69) is 0 Å². The molecule has 0 aliphatic heterocycles. The third-order valence-corrected chi connectivity index (χ3v) is 6.69. The highest BCUT2D eigenvalue weighted by atomic mass is 36.0. The van der Waals surface area contributed by atoms with Crippen molar-refractivity contribution in [2.45, 2.75) is 12.2 Å². The molecule has 11 heavy (non-hydrogen) atoms. The van der Waals surface area contributed by atoms with Gasteiger partial charge in [0.15, 0.2) is 0 Å². The lowest BCUT2D eigenvalue weighted by molar-refractivity contribution is 1.13. The zero-order chi connectivity index (χ0) is 9.28. The van der Waals surface area contributed by atoms with Crippen LogP contribution in [0.5, 0.6) is 0 Å². The van der Waals surface area contributed by atoms with E-state index in [1.54, 1.807) is 0 Å². The molecule has 1 unspecified atom stereocenters. The molecule has 0 aromatic heterocycles. The largest absolute Gasteiger partial charge is 0.0862 e. The summed E-state index contributed by atoms with van der Waals surface area (Å²) in [5, 5.41) is 0.195. The Kier molecular flexibility index (Phi) is 5.13. The van der Waals surface area contributed by atoms with Gasteiger partial charge in [0.05, 0.1) is 0 Å². The molecule has 0 aromatic carbocycles. The van der Waals surface area contributed by atoms with Crippen molar-refractivity contribution in [3.05, 3.63) is 0 Å². The number of rotatable bonds is 3. The van der Waals surface area contributed by atoms with Gasteiger partial charge in [0, 0.05) is 11.0 Å². The summed E-state index contributed by atoms with van der Waals surface area (Å²) < 4.78 is 0. The van der Waals surface area contributed by atoms with Gasteiger partial charge in [-0.15, -0.1) is 0 Å². The van der Waals surface area contributed by atoms with Gasteiger partial charge in [-0.25, -0.2) is 0 Å². The predicted octanol–water partition coefficient (Wildman–Crippen LogP) is 4.86.